The molecule has 2 heterocycles. The van der Waals surface area contributed by atoms with E-state index in [4.69, 9.17) is 4.42 Å². The summed E-state index contributed by atoms with van der Waals surface area (Å²) in [5, 5.41) is 14.7. The van der Waals surface area contributed by atoms with Crippen LogP contribution in [0.3, 0.4) is 0 Å². The minimum atomic E-state index is -0.142. The number of amides is 1. The van der Waals surface area contributed by atoms with Crippen molar-refractivity contribution in [2.75, 3.05) is 0 Å². The zero-order valence-electron chi connectivity index (χ0n) is 12.0. The van der Waals surface area contributed by atoms with E-state index in [9.17, 15) is 4.79 Å². The highest BCUT2D eigenvalue weighted by Gasteiger charge is 2.14. The van der Waals surface area contributed by atoms with Crippen LogP contribution in [0.2, 0.25) is 0 Å². The number of thiophene rings is 1. The second-order valence-corrected chi connectivity index (χ2v) is 5.67. The lowest BCUT2D eigenvalue weighted by Crippen LogP contribution is -2.28. The molecule has 112 valence electrons. The zero-order chi connectivity index (χ0) is 15.4. The maximum atomic E-state index is 12.1. The smallest absolute Gasteiger partial charge is 0.248 e. The van der Waals surface area contributed by atoms with E-state index < -0.39 is 0 Å². The Bertz CT molecular complexity index is 738. The summed E-state index contributed by atoms with van der Waals surface area (Å²) in [6.07, 6.45) is 0.0777. The first-order chi connectivity index (χ1) is 10.7. The van der Waals surface area contributed by atoms with Crippen LogP contribution in [0.25, 0.3) is 11.5 Å². The molecule has 1 unspecified atom stereocenters. The molecule has 1 N–H and O–H groups in total. The molecule has 6 heteroatoms. The number of nitrogens with zero attached hydrogens (tertiary/aromatic N) is 2. The van der Waals surface area contributed by atoms with Crippen molar-refractivity contribution in [1.29, 1.82) is 0 Å². The number of hydrogen-bond donors (Lipinski definition) is 1. The van der Waals surface area contributed by atoms with Gasteiger partial charge in [-0.05, 0) is 23.9 Å². The van der Waals surface area contributed by atoms with E-state index in [-0.39, 0.29) is 18.4 Å². The fourth-order valence-electron chi connectivity index (χ4n) is 2.08. The van der Waals surface area contributed by atoms with E-state index in [2.05, 4.69) is 15.5 Å². The average molecular weight is 313 g/mol. The molecule has 3 aromatic rings. The molecule has 0 aliphatic carbocycles. The molecule has 0 saturated heterocycles. The lowest BCUT2D eigenvalue weighted by Gasteiger charge is -2.13. The Morgan fingerprint density at radius 2 is 2.09 bits per heavy atom. The summed E-state index contributed by atoms with van der Waals surface area (Å²) >= 11 is 1.56. The SMILES string of the molecule is CC(NC(=O)Cc1nnc(-c2ccsc2)o1)c1ccccc1. The van der Waals surface area contributed by atoms with Crippen molar-refractivity contribution >= 4 is 17.2 Å². The van der Waals surface area contributed by atoms with E-state index in [1.54, 1.807) is 11.3 Å². The van der Waals surface area contributed by atoms with Gasteiger partial charge in [0.15, 0.2) is 0 Å². The summed E-state index contributed by atoms with van der Waals surface area (Å²) < 4.78 is 5.51. The van der Waals surface area contributed by atoms with Gasteiger partial charge in [0.1, 0.15) is 6.42 Å². The number of carbonyl (C=O) groups excluding carboxylic acids is 1. The molecular weight excluding hydrogens is 298 g/mol. The molecule has 0 fully saturated rings. The van der Waals surface area contributed by atoms with Crippen molar-refractivity contribution < 1.29 is 9.21 Å². The van der Waals surface area contributed by atoms with E-state index in [1.807, 2.05) is 54.1 Å². The maximum absolute atomic E-state index is 12.1. The Morgan fingerprint density at radius 1 is 1.27 bits per heavy atom. The predicted molar refractivity (Wildman–Crippen MR) is 84.3 cm³/mol. The van der Waals surface area contributed by atoms with E-state index in [1.165, 1.54) is 0 Å². The first-order valence-corrected chi connectivity index (χ1v) is 7.86. The van der Waals surface area contributed by atoms with Gasteiger partial charge in [0.25, 0.3) is 0 Å². The van der Waals surface area contributed by atoms with Gasteiger partial charge in [-0.3, -0.25) is 4.79 Å². The van der Waals surface area contributed by atoms with Gasteiger partial charge in [0.2, 0.25) is 17.7 Å². The van der Waals surface area contributed by atoms with Gasteiger partial charge in [0.05, 0.1) is 6.04 Å². The summed E-state index contributed by atoms with van der Waals surface area (Å²) in [6.45, 7) is 1.94. The third-order valence-corrected chi connectivity index (χ3v) is 3.91. The lowest BCUT2D eigenvalue weighted by atomic mass is 10.1. The standard InChI is InChI=1S/C16H15N3O2S/c1-11(12-5-3-2-4-6-12)17-14(20)9-15-18-19-16(21-15)13-7-8-22-10-13/h2-8,10-11H,9H2,1H3,(H,17,20). The van der Waals surface area contributed by atoms with Crippen LogP contribution >= 0.6 is 11.3 Å². The molecule has 0 radical (unpaired) electrons. The summed E-state index contributed by atoms with van der Waals surface area (Å²) in [4.78, 5) is 12.1. The third-order valence-electron chi connectivity index (χ3n) is 3.22. The molecular formula is C16H15N3O2S. The Hall–Kier alpha value is -2.47. The molecule has 3 rings (SSSR count). The molecule has 0 bridgehead atoms. The normalized spacial score (nSPS) is 12.0. The number of benzene rings is 1. The van der Waals surface area contributed by atoms with Crippen molar-refractivity contribution in [3.8, 4) is 11.5 Å². The minimum absolute atomic E-state index is 0.0621. The van der Waals surface area contributed by atoms with Gasteiger partial charge < -0.3 is 9.73 Å². The molecule has 0 spiro atoms. The highest BCUT2D eigenvalue weighted by Crippen LogP contribution is 2.20. The number of rotatable bonds is 5. The molecule has 1 amide bonds. The van der Waals surface area contributed by atoms with Gasteiger partial charge in [0, 0.05) is 10.9 Å². The molecule has 0 aliphatic heterocycles. The van der Waals surface area contributed by atoms with Gasteiger partial charge >= 0.3 is 0 Å². The van der Waals surface area contributed by atoms with Gasteiger partial charge in [-0.1, -0.05) is 30.3 Å². The van der Waals surface area contributed by atoms with Crippen molar-refractivity contribution in [3.05, 3.63) is 58.6 Å². The lowest BCUT2D eigenvalue weighted by molar-refractivity contribution is -0.121. The van der Waals surface area contributed by atoms with Crippen molar-refractivity contribution in [2.24, 2.45) is 0 Å². The largest absolute Gasteiger partial charge is 0.420 e. The van der Waals surface area contributed by atoms with E-state index in [0.29, 0.717) is 11.8 Å². The fourth-order valence-corrected chi connectivity index (χ4v) is 2.71. The van der Waals surface area contributed by atoms with Crippen LogP contribution in [0, 0.1) is 0 Å². The quantitative estimate of drug-likeness (QED) is 0.785. The van der Waals surface area contributed by atoms with Crippen LogP contribution in [0.15, 0.2) is 51.6 Å². The predicted octanol–water partition coefficient (Wildman–Crippen LogP) is 3.22. The maximum Gasteiger partial charge on any atom is 0.248 e. The molecule has 5 nitrogen and oxygen atoms in total. The summed E-state index contributed by atoms with van der Waals surface area (Å²) in [6, 6.07) is 11.6. The number of aromatic nitrogens is 2. The molecule has 0 saturated carbocycles. The first-order valence-electron chi connectivity index (χ1n) is 6.91. The monoisotopic (exact) mass is 313 g/mol. The van der Waals surface area contributed by atoms with Crippen LogP contribution in [0.1, 0.15) is 24.4 Å². The van der Waals surface area contributed by atoms with Crippen molar-refractivity contribution in [3.63, 3.8) is 0 Å². The topological polar surface area (TPSA) is 68.0 Å². The van der Waals surface area contributed by atoms with Crippen LogP contribution in [-0.2, 0) is 11.2 Å². The van der Waals surface area contributed by atoms with Crippen LogP contribution in [0.5, 0.6) is 0 Å². The average Bonchev–Trinajstić information content (AvgIpc) is 3.19. The van der Waals surface area contributed by atoms with Crippen LogP contribution in [0.4, 0.5) is 0 Å². The Labute approximate surface area is 132 Å². The fraction of sp³-hybridized carbons (Fsp3) is 0.188. The number of carbonyl (C=O) groups is 1. The summed E-state index contributed by atoms with van der Waals surface area (Å²) in [5.41, 5.74) is 1.93. The Balaban J connectivity index is 1.60. The zero-order valence-corrected chi connectivity index (χ0v) is 12.8. The highest BCUT2D eigenvalue weighted by atomic mass is 32.1. The Morgan fingerprint density at radius 3 is 2.82 bits per heavy atom. The summed E-state index contributed by atoms with van der Waals surface area (Å²) in [7, 11) is 0. The van der Waals surface area contributed by atoms with Gasteiger partial charge in [-0.25, -0.2) is 0 Å². The third kappa shape index (κ3) is 3.40. The second-order valence-electron chi connectivity index (χ2n) is 4.89. The molecule has 2 aromatic heterocycles. The van der Waals surface area contributed by atoms with Crippen LogP contribution in [-0.4, -0.2) is 16.1 Å². The van der Waals surface area contributed by atoms with E-state index in [0.717, 1.165) is 11.1 Å². The second kappa shape index (κ2) is 6.53. The van der Waals surface area contributed by atoms with Crippen LogP contribution < -0.4 is 5.32 Å². The molecule has 1 atom stereocenters. The molecule has 1 aromatic carbocycles. The van der Waals surface area contributed by atoms with Gasteiger partial charge in [-0.2, -0.15) is 11.3 Å². The number of nitrogens with one attached hydrogen (secondary N) is 1. The molecule has 22 heavy (non-hydrogen) atoms. The number of hydrogen-bond acceptors (Lipinski definition) is 5. The first kappa shape index (κ1) is 14.5. The summed E-state index contributed by atoms with van der Waals surface area (Å²) in [5.74, 6) is 0.621. The van der Waals surface area contributed by atoms with Gasteiger partial charge in [-0.15, -0.1) is 10.2 Å². The van der Waals surface area contributed by atoms with Crippen molar-refractivity contribution in [2.45, 2.75) is 19.4 Å². The minimum Gasteiger partial charge on any atom is -0.420 e. The van der Waals surface area contributed by atoms with E-state index >= 15 is 0 Å². The highest BCUT2D eigenvalue weighted by molar-refractivity contribution is 7.08. The Kier molecular flexibility index (Phi) is 4.29. The molecule has 0 aliphatic rings. The van der Waals surface area contributed by atoms with Crippen molar-refractivity contribution in [1.82, 2.24) is 15.5 Å².